The minimum Gasteiger partial charge on any atom is -0.508 e. The fourth-order valence-electron chi connectivity index (χ4n) is 7.55. The topological polar surface area (TPSA) is 307 Å². The van der Waals surface area contributed by atoms with Crippen LogP contribution in [0.25, 0.3) is 33.4 Å². The van der Waals surface area contributed by atoms with Crippen LogP contribution >= 0.6 is 12.2 Å². The molecule has 0 spiro atoms. The second-order valence-corrected chi connectivity index (χ2v) is 15.9. The standard InChI is InChI=1S/C43H52N2O17S/c46-19-30-34(50)36(52)38(54)41(60-30)62-42-39(55)37(53)35(51)31(61-42)20-58-32(49)8-6-4-2-1-3-5-7-15-44-43(63)45-21-9-12-24(27(16-21)40(56)57)33-25-13-10-22(47)17-28(25)59-29-18-23(48)11-14-26(29)33/h9-14,16-18,30-31,34-39,41-42,46-47,50-55H,1-8,15,19-20H2,(H,56,57)(H2,44,45,63)/t30?,31?,34-,35+,36?,37?,38?,39?,41-,42-/m1/s1. The van der Waals surface area contributed by atoms with Crippen LogP contribution in [0.1, 0.15) is 61.7 Å². The van der Waals surface area contributed by atoms with E-state index >= 15 is 0 Å². The first-order chi connectivity index (χ1) is 30.2. The monoisotopic (exact) mass is 900 g/mol. The maximum Gasteiger partial charge on any atom is 0.336 e. The predicted molar refractivity (Wildman–Crippen MR) is 227 cm³/mol. The maximum atomic E-state index is 12.5. The third kappa shape index (κ3) is 11.7. The molecule has 20 heteroatoms. The second-order valence-electron chi connectivity index (χ2n) is 15.5. The number of aliphatic hydroxyl groups is 7. The molecule has 63 heavy (non-hydrogen) atoms. The molecular formula is C43H52N2O17S. The van der Waals surface area contributed by atoms with Crippen molar-refractivity contribution in [3.8, 4) is 28.2 Å². The molecule has 2 saturated heterocycles. The Balaban J connectivity index is 0.873. The number of aliphatic hydroxyl groups excluding tert-OH is 7. The summed E-state index contributed by atoms with van der Waals surface area (Å²) in [6, 6.07) is 13.6. The van der Waals surface area contributed by atoms with E-state index in [9.17, 15) is 60.3 Å². The van der Waals surface area contributed by atoms with E-state index in [-0.39, 0.29) is 34.5 Å². The summed E-state index contributed by atoms with van der Waals surface area (Å²) < 4.78 is 27.3. The van der Waals surface area contributed by atoms with E-state index in [1.807, 2.05) is 0 Å². The lowest BCUT2D eigenvalue weighted by atomic mass is 9.90. The smallest absolute Gasteiger partial charge is 0.336 e. The van der Waals surface area contributed by atoms with Crippen molar-refractivity contribution in [1.82, 2.24) is 5.32 Å². The van der Waals surface area contributed by atoms with Gasteiger partial charge in [0.05, 0.1) is 12.2 Å². The zero-order valence-electron chi connectivity index (χ0n) is 33.9. The van der Waals surface area contributed by atoms with Crippen molar-refractivity contribution in [2.45, 2.75) is 113 Å². The first-order valence-electron chi connectivity index (χ1n) is 20.6. The highest BCUT2D eigenvalue weighted by molar-refractivity contribution is 7.80. The number of rotatable bonds is 18. The van der Waals surface area contributed by atoms with Crippen molar-refractivity contribution in [2.24, 2.45) is 0 Å². The molecule has 3 aliphatic heterocycles. The van der Waals surface area contributed by atoms with Crippen LogP contribution in [0.4, 0.5) is 5.69 Å². The van der Waals surface area contributed by atoms with Crippen LogP contribution in [-0.4, -0.2) is 144 Å². The van der Waals surface area contributed by atoms with E-state index in [1.165, 1.54) is 30.3 Å². The van der Waals surface area contributed by atoms with Crippen LogP contribution in [0.3, 0.4) is 0 Å². The van der Waals surface area contributed by atoms with Crippen molar-refractivity contribution in [3.05, 3.63) is 70.4 Å². The number of fused-ring (bicyclic) bond motifs is 2. The molecular weight excluding hydrogens is 849 g/mol. The van der Waals surface area contributed by atoms with Crippen molar-refractivity contribution in [1.29, 1.82) is 0 Å². The molecule has 2 aromatic rings. The summed E-state index contributed by atoms with van der Waals surface area (Å²) in [5, 5.41) is 98.1. The third-order valence-corrected chi connectivity index (χ3v) is 11.2. The molecule has 1 aliphatic carbocycles. The number of hydrogen-bond donors (Lipinski definition) is 11. The van der Waals surface area contributed by atoms with Gasteiger partial charge in [0.1, 0.15) is 72.5 Å². The summed E-state index contributed by atoms with van der Waals surface area (Å²) in [6.45, 7) is -0.627. The van der Waals surface area contributed by atoms with Crippen molar-refractivity contribution >= 4 is 45.9 Å². The van der Waals surface area contributed by atoms with E-state index in [0.717, 1.165) is 38.5 Å². The zero-order chi connectivity index (χ0) is 45.4. The quantitative estimate of drug-likeness (QED) is 0.0292. The number of thiocarbonyl (C=S) groups is 1. The summed E-state index contributed by atoms with van der Waals surface area (Å²) in [5.41, 5.74) is 1.90. The number of phenolic OH excluding ortho intramolecular Hbond substituents is 1. The number of hydrogen-bond acceptors (Lipinski definition) is 17. The van der Waals surface area contributed by atoms with Gasteiger partial charge in [-0.15, -0.1) is 0 Å². The van der Waals surface area contributed by atoms with E-state index in [2.05, 4.69) is 10.6 Å². The number of aromatic carboxylic acids is 1. The number of carboxylic acids is 1. The number of carbonyl (C=O) groups excluding carboxylic acids is 1. The molecule has 0 bridgehead atoms. The molecule has 0 amide bonds. The maximum absolute atomic E-state index is 12.5. The van der Waals surface area contributed by atoms with Crippen LogP contribution in [0, 0.1) is 0 Å². The number of nitrogens with one attached hydrogen (secondary N) is 2. The average molecular weight is 901 g/mol. The first-order valence-corrected chi connectivity index (χ1v) is 21.0. The van der Waals surface area contributed by atoms with Gasteiger partial charge < -0.3 is 80.0 Å². The van der Waals surface area contributed by atoms with Gasteiger partial charge in [-0.25, -0.2) is 4.79 Å². The lowest BCUT2D eigenvalue weighted by Gasteiger charge is -2.44. The Kier molecular flexibility index (Phi) is 16.4. The molecule has 342 valence electrons. The fraction of sp³-hybridized carbons (Fsp3) is 0.488. The van der Waals surface area contributed by atoms with Crippen molar-refractivity contribution in [2.75, 3.05) is 25.1 Å². The average Bonchev–Trinajstić information content (AvgIpc) is 3.25. The molecule has 3 heterocycles. The molecule has 2 aromatic carbocycles. The lowest BCUT2D eigenvalue weighted by Crippen LogP contribution is -2.63. The zero-order valence-corrected chi connectivity index (χ0v) is 34.8. The lowest BCUT2D eigenvalue weighted by molar-refractivity contribution is -0.376. The molecule has 11 N–H and O–H groups in total. The Morgan fingerprint density at radius 3 is 2.05 bits per heavy atom. The molecule has 0 aromatic heterocycles. The van der Waals surface area contributed by atoms with E-state index in [0.29, 0.717) is 45.8 Å². The molecule has 6 unspecified atom stereocenters. The fourth-order valence-corrected chi connectivity index (χ4v) is 7.77. The number of unbranched alkanes of at least 4 members (excludes halogenated alkanes) is 6. The van der Waals surface area contributed by atoms with E-state index in [4.69, 9.17) is 35.6 Å². The van der Waals surface area contributed by atoms with Gasteiger partial charge in [-0.3, -0.25) is 9.59 Å². The van der Waals surface area contributed by atoms with Gasteiger partial charge in [-0.2, -0.15) is 0 Å². The van der Waals surface area contributed by atoms with Gasteiger partial charge in [0.2, 0.25) is 0 Å². The molecule has 4 aliphatic rings. The number of anilines is 1. The number of benzene rings is 3. The highest BCUT2D eigenvalue weighted by atomic mass is 32.1. The van der Waals surface area contributed by atoms with Gasteiger partial charge in [0.15, 0.2) is 23.1 Å². The molecule has 6 rings (SSSR count). The minimum absolute atomic E-state index is 0.0113. The van der Waals surface area contributed by atoms with Crippen LogP contribution in [-0.2, 0) is 23.7 Å². The largest absolute Gasteiger partial charge is 0.508 e. The number of aromatic hydroxyl groups is 1. The summed E-state index contributed by atoms with van der Waals surface area (Å²) in [5.74, 6) is -1.54. The Morgan fingerprint density at radius 1 is 0.730 bits per heavy atom. The second kappa shape index (κ2) is 21.7. The van der Waals surface area contributed by atoms with Crippen LogP contribution in [0.15, 0.2) is 63.8 Å². The van der Waals surface area contributed by atoms with Crippen LogP contribution < -0.4 is 16.1 Å². The van der Waals surface area contributed by atoms with Crippen LogP contribution in [0.5, 0.6) is 5.75 Å². The Hall–Kier alpha value is -4.84. The van der Waals surface area contributed by atoms with E-state index in [1.54, 1.807) is 24.3 Å². The van der Waals surface area contributed by atoms with Gasteiger partial charge in [-0.1, -0.05) is 38.2 Å². The SMILES string of the molecule is O=C(CCCCCCCCCNC(=S)Nc1ccc(-c2c3ccc(=O)cc-3oc3cc(O)ccc23)c(C(=O)O)c1)OCC1O[C@H](O[C@H]2OC(CO)[C@@H](O)C(O)C2O)C(O)C(O)[C@H]1O. The predicted octanol–water partition coefficient (Wildman–Crippen LogP) is 1.54. The third-order valence-electron chi connectivity index (χ3n) is 11.0. The minimum atomic E-state index is -1.82. The van der Waals surface area contributed by atoms with Gasteiger partial charge in [-0.05, 0) is 67.0 Å². The van der Waals surface area contributed by atoms with Gasteiger partial charge in [0.25, 0.3) is 0 Å². The molecule has 2 fully saturated rings. The normalized spacial score (nSPS) is 26.1. The number of esters is 1. The first kappa shape index (κ1) is 47.6. The molecule has 0 radical (unpaired) electrons. The van der Waals surface area contributed by atoms with Gasteiger partial charge >= 0.3 is 11.9 Å². The summed E-state index contributed by atoms with van der Waals surface area (Å²) in [7, 11) is 0. The Labute approximate surface area is 365 Å². The van der Waals surface area contributed by atoms with Crippen molar-refractivity contribution < 1.29 is 78.9 Å². The van der Waals surface area contributed by atoms with Gasteiger partial charge in [0, 0.05) is 47.3 Å². The van der Waals surface area contributed by atoms with Crippen molar-refractivity contribution in [3.63, 3.8) is 0 Å². The Morgan fingerprint density at radius 2 is 1.37 bits per heavy atom. The molecule has 19 nitrogen and oxygen atoms in total. The Bertz CT molecular complexity index is 2240. The van der Waals surface area contributed by atoms with Crippen LogP contribution in [0.2, 0.25) is 0 Å². The number of ether oxygens (including phenoxy) is 4. The van der Waals surface area contributed by atoms with E-state index < -0.39 is 86.6 Å². The summed E-state index contributed by atoms with van der Waals surface area (Å²) in [4.78, 5) is 37.1. The number of carboxylic acid groups (broad SMARTS) is 1. The number of phenols is 1. The highest BCUT2D eigenvalue weighted by Gasteiger charge is 2.50. The number of carbonyl (C=O) groups is 2. The highest BCUT2D eigenvalue weighted by Crippen LogP contribution is 2.42. The molecule has 10 atom stereocenters. The summed E-state index contributed by atoms with van der Waals surface area (Å²) in [6.07, 6.45) is -10.6. The molecule has 0 saturated carbocycles. The summed E-state index contributed by atoms with van der Waals surface area (Å²) >= 11 is 5.46.